The summed E-state index contributed by atoms with van der Waals surface area (Å²) in [6, 6.07) is 0.410. The molecule has 1 aliphatic rings. The standard InChI is InChI=1S/C11H22N2O2/c1-4-9-6-10(12-3)8-13(7-9)11(14)15-5-2/h9-10,12H,4-8H2,1-3H3. The van der Waals surface area contributed by atoms with Crippen LogP contribution in [0.5, 0.6) is 0 Å². The first-order valence-electron chi connectivity index (χ1n) is 5.80. The fourth-order valence-electron chi connectivity index (χ4n) is 2.07. The van der Waals surface area contributed by atoms with Gasteiger partial charge in [0.1, 0.15) is 0 Å². The zero-order chi connectivity index (χ0) is 11.3. The summed E-state index contributed by atoms with van der Waals surface area (Å²) in [7, 11) is 1.95. The first-order chi connectivity index (χ1) is 7.21. The van der Waals surface area contributed by atoms with Crippen LogP contribution in [0.3, 0.4) is 0 Å². The fraction of sp³-hybridized carbons (Fsp3) is 0.909. The van der Waals surface area contributed by atoms with E-state index < -0.39 is 0 Å². The van der Waals surface area contributed by atoms with Crippen LogP contribution in [0.2, 0.25) is 0 Å². The Morgan fingerprint density at radius 2 is 2.20 bits per heavy atom. The van der Waals surface area contributed by atoms with Crippen molar-refractivity contribution < 1.29 is 9.53 Å². The summed E-state index contributed by atoms with van der Waals surface area (Å²) >= 11 is 0. The Bertz CT molecular complexity index is 197. The monoisotopic (exact) mass is 214 g/mol. The lowest BCUT2D eigenvalue weighted by molar-refractivity contribution is 0.0792. The molecule has 1 amide bonds. The molecule has 1 rings (SSSR count). The van der Waals surface area contributed by atoms with Gasteiger partial charge in [0.15, 0.2) is 0 Å². The molecular weight excluding hydrogens is 192 g/mol. The van der Waals surface area contributed by atoms with Gasteiger partial charge in [-0.1, -0.05) is 13.3 Å². The van der Waals surface area contributed by atoms with E-state index >= 15 is 0 Å². The lowest BCUT2D eigenvalue weighted by atomic mass is 9.92. The van der Waals surface area contributed by atoms with E-state index in [1.54, 1.807) is 0 Å². The third-order valence-corrected chi connectivity index (χ3v) is 3.05. The number of carbonyl (C=O) groups is 1. The van der Waals surface area contributed by atoms with Crippen LogP contribution in [0, 0.1) is 5.92 Å². The molecule has 0 spiro atoms. The van der Waals surface area contributed by atoms with Gasteiger partial charge in [-0.25, -0.2) is 4.79 Å². The van der Waals surface area contributed by atoms with Crippen molar-refractivity contribution in [3.8, 4) is 0 Å². The quantitative estimate of drug-likeness (QED) is 0.773. The second-order valence-electron chi connectivity index (χ2n) is 4.10. The largest absolute Gasteiger partial charge is 0.450 e. The minimum Gasteiger partial charge on any atom is -0.450 e. The van der Waals surface area contributed by atoms with Gasteiger partial charge in [0, 0.05) is 19.1 Å². The van der Waals surface area contributed by atoms with Crippen LogP contribution in [0.25, 0.3) is 0 Å². The van der Waals surface area contributed by atoms with Gasteiger partial charge in [0.25, 0.3) is 0 Å². The highest BCUT2D eigenvalue weighted by Gasteiger charge is 2.28. The molecule has 88 valence electrons. The van der Waals surface area contributed by atoms with Gasteiger partial charge in [-0.2, -0.15) is 0 Å². The smallest absolute Gasteiger partial charge is 0.409 e. The number of ether oxygens (including phenoxy) is 1. The van der Waals surface area contributed by atoms with Crippen LogP contribution in [-0.2, 0) is 4.74 Å². The number of nitrogens with zero attached hydrogens (tertiary/aromatic N) is 1. The third-order valence-electron chi connectivity index (χ3n) is 3.05. The van der Waals surface area contributed by atoms with Crippen molar-refractivity contribution in [2.24, 2.45) is 5.92 Å². The summed E-state index contributed by atoms with van der Waals surface area (Å²) in [6.07, 6.45) is 2.10. The third kappa shape index (κ3) is 3.38. The molecule has 1 saturated heterocycles. The summed E-state index contributed by atoms with van der Waals surface area (Å²) in [4.78, 5) is 13.4. The zero-order valence-electron chi connectivity index (χ0n) is 9.95. The number of piperidine rings is 1. The normalized spacial score (nSPS) is 26.5. The molecule has 1 aliphatic heterocycles. The molecule has 1 fully saturated rings. The van der Waals surface area contributed by atoms with Crippen molar-refractivity contribution in [3.05, 3.63) is 0 Å². The molecule has 0 aromatic carbocycles. The lowest BCUT2D eigenvalue weighted by Gasteiger charge is -2.36. The van der Waals surface area contributed by atoms with E-state index in [1.165, 1.54) is 0 Å². The van der Waals surface area contributed by atoms with Gasteiger partial charge >= 0.3 is 6.09 Å². The van der Waals surface area contributed by atoms with Crippen LogP contribution < -0.4 is 5.32 Å². The van der Waals surface area contributed by atoms with E-state index in [-0.39, 0.29) is 6.09 Å². The number of amides is 1. The van der Waals surface area contributed by atoms with Crippen molar-refractivity contribution in [2.75, 3.05) is 26.7 Å². The summed E-state index contributed by atoms with van der Waals surface area (Å²) in [6.45, 7) is 6.08. The van der Waals surface area contributed by atoms with Gasteiger partial charge in [-0.15, -0.1) is 0 Å². The number of hydrogen-bond acceptors (Lipinski definition) is 3. The average molecular weight is 214 g/mol. The molecule has 4 nitrogen and oxygen atoms in total. The SMILES string of the molecule is CCOC(=O)N1CC(CC)CC(NC)C1. The van der Waals surface area contributed by atoms with Crippen LogP contribution in [0.4, 0.5) is 4.79 Å². The molecule has 15 heavy (non-hydrogen) atoms. The molecule has 2 unspecified atom stereocenters. The molecule has 0 bridgehead atoms. The van der Waals surface area contributed by atoms with Gasteiger partial charge in [0.2, 0.25) is 0 Å². The van der Waals surface area contributed by atoms with Gasteiger partial charge in [-0.3, -0.25) is 0 Å². The average Bonchev–Trinajstić information content (AvgIpc) is 2.28. The van der Waals surface area contributed by atoms with E-state index in [1.807, 2.05) is 18.9 Å². The first kappa shape index (κ1) is 12.3. The van der Waals surface area contributed by atoms with Crippen LogP contribution in [0.1, 0.15) is 26.7 Å². The van der Waals surface area contributed by atoms with Gasteiger partial charge in [-0.05, 0) is 26.3 Å². The fourth-order valence-corrected chi connectivity index (χ4v) is 2.07. The van der Waals surface area contributed by atoms with E-state index in [0.717, 1.165) is 25.9 Å². The van der Waals surface area contributed by atoms with E-state index in [4.69, 9.17) is 4.74 Å². The zero-order valence-corrected chi connectivity index (χ0v) is 9.95. The Labute approximate surface area is 92.0 Å². The predicted molar refractivity (Wildman–Crippen MR) is 59.8 cm³/mol. The highest BCUT2D eigenvalue weighted by atomic mass is 16.6. The maximum atomic E-state index is 11.6. The lowest BCUT2D eigenvalue weighted by Crippen LogP contribution is -2.50. The number of likely N-dealkylation sites (N-methyl/N-ethyl adjacent to an activating group) is 1. The number of hydrogen-bond donors (Lipinski definition) is 1. The summed E-state index contributed by atoms with van der Waals surface area (Å²) < 4.78 is 5.03. The second kappa shape index (κ2) is 5.95. The topological polar surface area (TPSA) is 41.6 Å². The van der Waals surface area contributed by atoms with Gasteiger partial charge < -0.3 is 15.0 Å². The van der Waals surface area contributed by atoms with Crippen molar-refractivity contribution in [1.82, 2.24) is 10.2 Å². The molecule has 1 heterocycles. The summed E-state index contributed by atoms with van der Waals surface area (Å²) in [5.74, 6) is 0.598. The van der Waals surface area contributed by atoms with Crippen LogP contribution in [-0.4, -0.2) is 43.8 Å². The molecule has 0 saturated carbocycles. The Hall–Kier alpha value is -0.770. The van der Waals surface area contributed by atoms with E-state index in [9.17, 15) is 4.79 Å². The molecule has 0 radical (unpaired) electrons. The Balaban J connectivity index is 2.52. The predicted octanol–water partition coefficient (Wildman–Crippen LogP) is 1.46. The first-order valence-corrected chi connectivity index (χ1v) is 5.80. The highest BCUT2D eigenvalue weighted by Crippen LogP contribution is 2.20. The van der Waals surface area contributed by atoms with Crippen molar-refractivity contribution in [1.29, 1.82) is 0 Å². The number of likely N-dealkylation sites (tertiary alicyclic amines) is 1. The Morgan fingerprint density at radius 1 is 1.47 bits per heavy atom. The minimum absolute atomic E-state index is 0.170. The molecular formula is C11H22N2O2. The highest BCUT2D eigenvalue weighted by molar-refractivity contribution is 5.67. The van der Waals surface area contributed by atoms with Crippen LogP contribution in [0.15, 0.2) is 0 Å². The van der Waals surface area contributed by atoms with Crippen molar-refractivity contribution in [3.63, 3.8) is 0 Å². The van der Waals surface area contributed by atoms with E-state index in [2.05, 4.69) is 12.2 Å². The van der Waals surface area contributed by atoms with Crippen LogP contribution >= 0.6 is 0 Å². The molecule has 0 aromatic rings. The molecule has 2 atom stereocenters. The number of rotatable bonds is 3. The molecule has 0 aromatic heterocycles. The second-order valence-corrected chi connectivity index (χ2v) is 4.10. The van der Waals surface area contributed by atoms with E-state index in [0.29, 0.717) is 18.6 Å². The molecule has 4 heteroatoms. The summed E-state index contributed by atoms with van der Waals surface area (Å²) in [5, 5.41) is 3.25. The van der Waals surface area contributed by atoms with Crippen molar-refractivity contribution in [2.45, 2.75) is 32.7 Å². The Kier molecular flexibility index (Phi) is 4.88. The van der Waals surface area contributed by atoms with Gasteiger partial charge in [0.05, 0.1) is 6.61 Å². The Morgan fingerprint density at radius 3 is 2.73 bits per heavy atom. The maximum absolute atomic E-state index is 11.6. The number of carbonyl (C=O) groups excluding carboxylic acids is 1. The summed E-state index contributed by atoms with van der Waals surface area (Å²) in [5.41, 5.74) is 0. The van der Waals surface area contributed by atoms with Crippen molar-refractivity contribution >= 4 is 6.09 Å². The molecule has 0 aliphatic carbocycles. The molecule has 1 N–H and O–H groups in total. The number of nitrogens with one attached hydrogen (secondary N) is 1. The maximum Gasteiger partial charge on any atom is 0.409 e. The minimum atomic E-state index is -0.170.